The fourth-order valence-electron chi connectivity index (χ4n) is 3.78. The van der Waals surface area contributed by atoms with Gasteiger partial charge < -0.3 is 0 Å². The number of fused-ring (bicyclic) bond motifs is 1. The second-order valence-corrected chi connectivity index (χ2v) is 10.5. The van der Waals surface area contributed by atoms with E-state index in [1.807, 2.05) is 6.07 Å². The van der Waals surface area contributed by atoms with E-state index in [0.29, 0.717) is 4.46 Å². The van der Waals surface area contributed by atoms with Crippen LogP contribution in [0.15, 0.2) is 30.3 Å². The van der Waals surface area contributed by atoms with Crippen LogP contribution in [0, 0.1) is 0 Å². The molecule has 3 heterocycles. The van der Waals surface area contributed by atoms with E-state index in [1.54, 1.807) is 52.0 Å². The second kappa shape index (κ2) is 6.73. The molecule has 3 aliphatic heterocycles. The van der Waals surface area contributed by atoms with Crippen LogP contribution >= 0.6 is 0 Å². The van der Waals surface area contributed by atoms with E-state index in [9.17, 15) is 0 Å². The summed E-state index contributed by atoms with van der Waals surface area (Å²) in [7, 11) is 0. The van der Waals surface area contributed by atoms with Crippen LogP contribution in [0.5, 0.6) is 0 Å². The van der Waals surface area contributed by atoms with Gasteiger partial charge in [0.05, 0.1) is 0 Å². The Morgan fingerprint density at radius 1 is 0.926 bits per heavy atom. The summed E-state index contributed by atoms with van der Waals surface area (Å²) in [5.41, 5.74) is 0. The van der Waals surface area contributed by atoms with E-state index in [-0.39, 0.29) is 6.61 Å². The topological polar surface area (TPSA) is 46.2 Å². The van der Waals surface area contributed by atoms with Crippen molar-refractivity contribution in [3.63, 3.8) is 0 Å². The molecule has 0 aromatic heterocycles. The molecule has 0 saturated carbocycles. The van der Waals surface area contributed by atoms with Crippen LogP contribution in [-0.4, -0.2) is 68.5 Å². The Morgan fingerprint density at radius 2 is 1.59 bits per heavy atom. The molecule has 0 N–H and O–H groups in total. The number of ether oxygens (including phenoxy) is 5. The first-order chi connectivity index (χ1) is 12.6. The minimum atomic E-state index is -3.05. The zero-order valence-corrected chi connectivity index (χ0v) is 17.4. The zero-order chi connectivity index (χ0) is 19.4. The van der Waals surface area contributed by atoms with E-state index in [2.05, 4.69) is 0 Å². The van der Waals surface area contributed by atoms with Gasteiger partial charge in [-0.1, -0.05) is 0 Å². The van der Waals surface area contributed by atoms with Gasteiger partial charge in [-0.2, -0.15) is 0 Å². The molecule has 3 saturated heterocycles. The van der Waals surface area contributed by atoms with Gasteiger partial charge in [0.1, 0.15) is 0 Å². The molecule has 1 aromatic carbocycles. The Hall–Kier alpha value is -0.601. The first kappa shape index (κ1) is 19.7. The number of rotatable bonds is 4. The quantitative estimate of drug-likeness (QED) is 0.659. The van der Waals surface area contributed by atoms with Gasteiger partial charge in [-0.3, -0.25) is 0 Å². The van der Waals surface area contributed by atoms with E-state index in [4.69, 9.17) is 23.7 Å². The Labute approximate surface area is 163 Å². The van der Waals surface area contributed by atoms with Crippen LogP contribution in [-0.2, 0) is 23.7 Å². The molecule has 0 bridgehead atoms. The third kappa shape index (κ3) is 3.94. The molecule has 0 spiro atoms. The van der Waals surface area contributed by atoms with Gasteiger partial charge in [-0.15, -0.1) is 0 Å². The summed E-state index contributed by atoms with van der Waals surface area (Å²) < 4.78 is 60.1. The number of hydrogen-bond acceptors (Lipinski definition) is 5. The maximum absolute atomic E-state index is 15.2. The molecule has 3 aliphatic rings. The van der Waals surface area contributed by atoms with Crippen LogP contribution in [0.2, 0.25) is 0 Å². The van der Waals surface area contributed by atoms with Gasteiger partial charge in [0.15, 0.2) is 0 Å². The summed E-state index contributed by atoms with van der Waals surface area (Å²) in [5, 5.41) is 0. The van der Waals surface area contributed by atoms with Crippen molar-refractivity contribution in [1.82, 2.24) is 0 Å². The summed E-state index contributed by atoms with van der Waals surface area (Å²) in [5.74, 6) is -1.71. The molecule has 8 heteroatoms. The van der Waals surface area contributed by atoms with Crippen molar-refractivity contribution < 1.29 is 32.5 Å². The van der Waals surface area contributed by atoms with Crippen LogP contribution < -0.4 is 4.46 Å². The summed E-state index contributed by atoms with van der Waals surface area (Å²) in [6, 6.07) is 8.76. The average molecular weight is 449 g/mol. The normalized spacial score (nSPS) is 37.5. The van der Waals surface area contributed by atoms with Crippen molar-refractivity contribution in [3.8, 4) is 0 Å². The molecule has 1 aromatic rings. The van der Waals surface area contributed by atoms with Crippen molar-refractivity contribution in [2.75, 3.05) is 6.61 Å². The fourth-order valence-corrected chi connectivity index (χ4v) is 5.70. The molecule has 0 aliphatic carbocycles. The number of alkyl halides is 2. The predicted molar refractivity (Wildman–Crippen MR) is 94.2 cm³/mol. The molecule has 4 rings (SSSR count). The van der Waals surface area contributed by atoms with E-state index < -0.39 is 61.9 Å². The molecule has 0 amide bonds. The molecule has 5 atom stereocenters. The summed E-state index contributed by atoms with van der Waals surface area (Å²) in [6.07, 6.45) is -4.00. The molecular weight excluding hydrogens is 425 g/mol. The van der Waals surface area contributed by atoms with Gasteiger partial charge in [0, 0.05) is 0 Å². The van der Waals surface area contributed by atoms with Crippen LogP contribution in [0.3, 0.4) is 0 Å². The van der Waals surface area contributed by atoms with E-state index in [1.165, 1.54) is 0 Å². The third-order valence-corrected chi connectivity index (χ3v) is 6.94. The van der Waals surface area contributed by atoms with E-state index >= 15 is 8.78 Å². The number of hydrogen-bond donors (Lipinski definition) is 0. The second-order valence-electron chi connectivity index (χ2n) is 7.93. The molecule has 0 radical (unpaired) electrons. The summed E-state index contributed by atoms with van der Waals surface area (Å²) >= 11 is -1.10. The minimum absolute atomic E-state index is 0.271. The fraction of sp³-hybridized carbons (Fsp3) is 0.684. The number of benzene rings is 1. The maximum atomic E-state index is 15.2. The average Bonchev–Trinajstić information content (AvgIpc) is 3.17. The molecule has 0 unspecified atom stereocenters. The first-order valence-corrected chi connectivity index (χ1v) is 10.7. The standard InChI is InChI=1S/C19H24F2O5Se/c1-17(2)22-10-12(24-17)13-14-15(26-18(3,4)25-14)16(23-13)19(20,21)27-11-8-6-5-7-9-11/h5-9,12-16H,10H2,1-4H3/t12-,13+,14-,15-,16+/m1/s1. The third-order valence-electron chi connectivity index (χ3n) is 4.81. The Balaban J connectivity index is 1.57. The van der Waals surface area contributed by atoms with Crippen LogP contribution in [0.25, 0.3) is 0 Å². The van der Waals surface area contributed by atoms with Gasteiger partial charge >= 0.3 is 163 Å². The Bertz CT molecular complexity index is 684. The zero-order valence-electron chi connectivity index (χ0n) is 15.7. The van der Waals surface area contributed by atoms with Gasteiger partial charge in [-0.05, 0) is 0 Å². The molecule has 150 valence electrons. The van der Waals surface area contributed by atoms with Crippen LogP contribution in [0.4, 0.5) is 8.78 Å². The van der Waals surface area contributed by atoms with Gasteiger partial charge in [-0.25, -0.2) is 0 Å². The van der Waals surface area contributed by atoms with Crippen molar-refractivity contribution >= 4 is 19.4 Å². The molecular formula is C19H24F2O5Se. The van der Waals surface area contributed by atoms with Gasteiger partial charge in [0.25, 0.3) is 0 Å². The summed E-state index contributed by atoms with van der Waals surface area (Å²) in [6.45, 7) is 7.32. The SMILES string of the molecule is CC1(C)O[C@@H]2[C@H]([C@H]3COC(C)(C)O3)O[C@H](C(F)(F)[Se]c3ccccc3)[C@@H]2O1. The predicted octanol–water partition coefficient (Wildman–Crippen LogP) is 2.05. The van der Waals surface area contributed by atoms with Gasteiger partial charge in [0.2, 0.25) is 0 Å². The van der Waals surface area contributed by atoms with Crippen molar-refractivity contribution in [2.24, 2.45) is 0 Å². The monoisotopic (exact) mass is 450 g/mol. The Kier molecular flexibility index (Phi) is 4.91. The first-order valence-electron chi connectivity index (χ1n) is 9.01. The molecule has 5 nitrogen and oxygen atoms in total. The van der Waals surface area contributed by atoms with Crippen molar-refractivity contribution in [2.45, 2.75) is 74.6 Å². The number of halogens is 2. The Morgan fingerprint density at radius 3 is 2.22 bits per heavy atom. The van der Waals surface area contributed by atoms with E-state index in [0.717, 1.165) is 0 Å². The van der Waals surface area contributed by atoms with Crippen LogP contribution in [0.1, 0.15) is 27.7 Å². The van der Waals surface area contributed by atoms with Crippen molar-refractivity contribution in [3.05, 3.63) is 30.3 Å². The molecule has 3 fully saturated rings. The molecule has 27 heavy (non-hydrogen) atoms. The van der Waals surface area contributed by atoms with Crippen molar-refractivity contribution in [1.29, 1.82) is 0 Å². The summed E-state index contributed by atoms with van der Waals surface area (Å²) in [4.78, 5) is -3.05.